The summed E-state index contributed by atoms with van der Waals surface area (Å²) in [5, 5.41) is 2.04. The Balaban J connectivity index is 2.20. The van der Waals surface area contributed by atoms with Gasteiger partial charge >= 0.3 is 0 Å². The summed E-state index contributed by atoms with van der Waals surface area (Å²) in [5.74, 6) is 0.315. The molecule has 2 atom stereocenters. The van der Waals surface area contributed by atoms with Crippen molar-refractivity contribution in [3.63, 3.8) is 0 Å². The van der Waals surface area contributed by atoms with E-state index in [1.54, 1.807) is 0 Å². The molecule has 1 aromatic carbocycles. The summed E-state index contributed by atoms with van der Waals surface area (Å²) in [6, 6.07) is 10.1. The first-order chi connectivity index (χ1) is 7.15. The maximum atomic E-state index is 11.0. The minimum absolute atomic E-state index is 0.315. The number of carbonyl (C=O) groups is 1. The van der Waals surface area contributed by atoms with Crippen molar-refractivity contribution in [3.8, 4) is 0 Å². The third kappa shape index (κ3) is 1.75. The average Bonchev–Trinajstić information content (AvgIpc) is 2.58. The van der Waals surface area contributed by atoms with Crippen LogP contribution in [0.3, 0.4) is 0 Å². The number of nitrogens with one attached hydrogen (secondary N) is 1. The Morgan fingerprint density at radius 1 is 1.47 bits per heavy atom. The number of hydrogen-bond donors (Lipinski definition) is 1. The topological polar surface area (TPSA) is 32.3 Å². The molecular weight excluding hydrogens is 188 g/mol. The molecule has 0 spiro atoms. The molecule has 2 unspecified atom stereocenters. The van der Waals surface area contributed by atoms with Crippen LogP contribution >= 0.6 is 0 Å². The van der Waals surface area contributed by atoms with Crippen molar-refractivity contribution in [3.05, 3.63) is 30.3 Å². The maximum absolute atomic E-state index is 11.0. The van der Waals surface area contributed by atoms with Crippen molar-refractivity contribution in [2.24, 2.45) is 5.92 Å². The van der Waals surface area contributed by atoms with E-state index >= 15 is 0 Å². The highest BCUT2D eigenvalue weighted by Gasteiger charge is 2.39. The monoisotopic (exact) mass is 204 g/mol. The van der Waals surface area contributed by atoms with Crippen molar-refractivity contribution in [2.75, 3.05) is 11.6 Å². The molecule has 0 radical (unpaired) electrons. The predicted octanol–water partition coefficient (Wildman–Crippen LogP) is 1.60. The van der Waals surface area contributed by atoms with Crippen molar-refractivity contribution < 1.29 is 4.79 Å². The number of nitrogens with zero attached hydrogens (tertiary/aromatic N) is 1. The normalized spacial score (nSPS) is 30.5. The van der Waals surface area contributed by atoms with Crippen LogP contribution in [-0.4, -0.2) is 18.4 Å². The average molecular weight is 204 g/mol. The zero-order chi connectivity index (χ0) is 10.9. The minimum Gasteiger partial charge on any atom is -0.307 e. The molecule has 1 aromatic rings. The van der Waals surface area contributed by atoms with Crippen molar-refractivity contribution in [2.45, 2.75) is 19.4 Å². The summed E-state index contributed by atoms with van der Waals surface area (Å²) >= 11 is 0. The van der Waals surface area contributed by atoms with Crippen LogP contribution in [0.1, 0.15) is 13.8 Å². The summed E-state index contributed by atoms with van der Waals surface area (Å²) < 4.78 is 0. The van der Waals surface area contributed by atoms with Crippen molar-refractivity contribution in [1.82, 2.24) is 5.43 Å². The first-order valence-electron chi connectivity index (χ1n) is 5.22. The first kappa shape index (κ1) is 10.2. The molecule has 1 aliphatic rings. The Labute approximate surface area is 90.1 Å². The van der Waals surface area contributed by atoms with Gasteiger partial charge in [-0.3, -0.25) is 0 Å². The molecule has 0 bridgehead atoms. The van der Waals surface area contributed by atoms with Gasteiger partial charge in [0, 0.05) is 12.5 Å². The van der Waals surface area contributed by atoms with Crippen LogP contribution in [0.2, 0.25) is 0 Å². The number of carbonyl (C=O) groups excluding carboxylic acids is 1. The van der Waals surface area contributed by atoms with Gasteiger partial charge in [0.1, 0.15) is 6.29 Å². The van der Waals surface area contributed by atoms with Gasteiger partial charge < -0.3 is 9.80 Å². The van der Waals surface area contributed by atoms with E-state index in [1.165, 1.54) is 0 Å². The Morgan fingerprint density at radius 3 is 2.67 bits per heavy atom. The summed E-state index contributed by atoms with van der Waals surface area (Å²) in [7, 11) is 0. The Morgan fingerprint density at radius 2 is 2.13 bits per heavy atom. The number of anilines is 1. The van der Waals surface area contributed by atoms with E-state index in [4.69, 9.17) is 0 Å². The van der Waals surface area contributed by atoms with Crippen LogP contribution in [0.4, 0.5) is 5.69 Å². The largest absolute Gasteiger partial charge is 0.307 e. The Bertz CT molecular complexity index is 352. The van der Waals surface area contributed by atoms with E-state index in [0.717, 1.165) is 18.5 Å². The molecule has 3 heteroatoms. The molecule has 0 aromatic heterocycles. The molecule has 80 valence electrons. The molecule has 1 fully saturated rings. The number of para-hydroxylation sites is 1. The van der Waals surface area contributed by atoms with E-state index in [-0.39, 0.29) is 0 Å². The number of rotatable bonds is 2. The van der Waals surface area contributed by atoms with Gasteiger partial charge in [-0.15, -0.1) is 0 Å². The highest BCUT2D eigenvalue weighted by molar-refractivity contribution is 5.67. The lowest BCUT2D eigenvalue weighted by Gasteiger charge is -2.23. The van der Waals surface area contributed by atoms with Gasteiger partial charge in [-0.05, 0) is 19.1 Å². The third-order valence-electron chi connectivity index (χ3n) is 3.17. The smallest absolute Gasteiger partial charge is 0.141 e. The van der Waals surface area contributed by atoms with Gasteiger partial charge in [0.05, 0.1) is 11.2 Å². The molecule has 1 aliphatic heterocycles. The summed E-state index contributed by atoms with van der Waals surface area (Å²) in [6.07, 6.45) is 1.00. The maximum Gasteiger partial charge on any atom is 0.141 e. The second kappa shape index (κ2) is 3.66. The van der Waals surface area contributed by atoms with Gasteiger partial charge in [-0.2, -0.15) is 0 Å². The lowest BCUT2D eigenvalue weighted by atomic mass is 9.91. The molecular formula is C12H16N2O. The van der Waals surface area contributed by atoms with Crippen LogP contribution < -0.4 is 10.4 Å². The van der Waals surface area contributed by atoms with Crippen molar-refractivity contribution >= 4 is 12.0 Å². The second-order valence-electron chi connectivity index (χ2n) is 4.36. The highest BCUT2D eigenvalue weighted by atomic mass is 16.1. The van der Waals surface area contributed by atoms with E-state index in [1.807, 2.05) is 42.3 Å². The van der Waals surface area contributed by atoms with Crippen LogP contribution in [-0.2, 0) is 4.79 Å². The number of hydrazine groups is 1. The minimum atomic E-state index is -0.435. The van der Waals surface area contributed by atoms with Crippen LogP contribution in [0.25, 0.3) is 0 Å². The standard InChI is InChI=1S/C12H16N2O/c1-10-8-14(13-12(10,2)9-15)11-6-4-3-5-7-11/h3-7,9-10,13H,8H2,1-2H3. The zero-order valence-electron chi connectivity index (χ0n) is 9.10. The number of aldehydes is 1. The molecule has 1 heterocycles. The quantitative estimate of drug-likeness (QED) is 0.743. The van der Waals surface area contributed by atoms with Crippen LogP contribution in [0, 0.1) is 5.92 Å². The SMILES string of the molecule is CC1CN(c2ccccc2)NC1(C)C=O. The third-order valence-corrected chi connectivity index (χ3v) is 3.17. The molecule has 2 rings (SSSR count). The number of benzene rings is 1. The molecule has 15 heavy (non-hydrogen) atoms. The Hall–Kier alpha value is -1.35. The van der Waals surface area contributed by atoms with Gasteiger partial charge in [0.15, 0.2) is 0 Å². The molecule has 0 saturated carbocycles. The van der Waals surface area contributed by atoms with Crippen molar-refractivity contribution in [1.29, 1.82) is 0 Å². The van der Waals surface area contributed by atoms with E-state index in [2.05, 4.69) is 12.3 Å². The van der Waals surface area contributed by atoms with Gasteiger partial charge in [0.25, 0.3) is 0 Å². The predicted molar refractivity (Wildman–Crippen MR) is 60.6 cm³/mol. The second-order valence-corrected chi connectivity index (χ2v) is 4.36. The molecule has 1 N–H and O–H groups in total. The fraction of sp³-hybridized carbons (Fsp3) is 0.417. The van der Waals surface area contributed by atoms with E-state index < -0.39 is 5.54 Å². The lowest BCUT2D eigenvalue weighted by Crippen LogP contribution is -2.47. The summed E-state index contributed by atoms with van der Waals surface area (Å²) in [4.78, 5) is 11.0. The molecule has 0 amide bonds. The first-order valence-corrected chi connectivity index (χ1v) is 5.22. The zero-order valence-corrected chi connectivity index (χ0v) is 9.10. The van der Waals surface area contributed by atoms with Gasteiger partial charge in [-0.1, -0.05) is 25.1 Å². The highest BCUT2D eigenvalue weighted by Crippen LogP contribution is 2.26. The summed E-state index contributed by atoms with van der Waals surface area (Å²) in [5.41, 5.74) is 3.92. The van der Waals surface area contributed by atoms with Gasteiger partial charge in [0.2, 0.25) is 0 Å². The molecule has 1 saturated heterocycles. The molecule has 0 aliphatic carbocycles. The fourth-order valence-corrected chi connectivity index (χ4v) is 1.83. The number of hydrogen-bond acceptors (Lipinski definition) is 3. The lowest BCUT2D eigenvalue weighted by molar-refractivity contribution is -0.113. The van der Waals surface area contributed by atoms with E-state index in [9.17, 15) is 4.79 Å². The fourth-order valence-electron chi connectivity index (χ4n) is 1.83. The summed E-state index contributed by atoms with van der Waals surface area (Å²) in [6.45, 7) is 4.89. The molecule has 3 nitrogen and oxygen atoms in total. The Kier molecular flexibility index (Phi) is 2.49. The van der Waals surface area contributed by atoms with Crippen LogP contribution in [0.5, 0.6) is 0 Å². The van der Waals surface area contributed by atoms with Crippen LogP contribution in [0.15, 0.2) is 30.3 Å². The van der Waals surface area contributed by atoms with Gasteiger partial charge in [-0.25, -0.2) is 5.43 Å². The van der Waals surface area contributed by atoms with E-state index in [0.29, 0.717) is 5.92 Å².